The number of aliphatic imine (C=N–C) groups is 1. The largest absolute Gasteiger partial charge is 0.480 e. The van der Waals surface area contributed by atoms with Crippen LogP contribution in [0.4, 0.5) is 0 Å². The van der Waals surface area contributed by atoms with Crippen LogP contribution in [-0.2, 0) is 25.6 Å². The maximum absolute atomic E-state index is 12.8. The Morgan fingerprint density at radius 3 is 2.11 bits per heavy atom. The SMILES string of the molecule is CC(NC(=O)C(N)Cc1ccccc1)C(=O)NC(C(=O)NC(CCCN=C(N)N)C(=O)O)C(C)C. The summed E-state index contributed by atoms with van der Waals surface area (Å²) in [6.45, 7) is 5.10. The van der Waals surface area contributed by atoms with E-state index in [1.807, 2.05) is 30.3 Å². The minimum Gasteiger partial charge on any atom is -0.480 e. The highest BCUT2D eigenvalue weighted by Gasteiger charge is 2.30. The molecular formula is C23H37N7O5. The lowest BCUT2D eigenvalue weighted by Crippen LogP contribution is -2.57. The van der Waals surface area contributed by atoms with Gasteiger partial charge >= 0.3 is 5.97 Å². The molecule has 0 saturated carbocycles. The number of nitrogens with two attached hydrogens (primary N) is 3. The molecule has 4 unspecified atom stereocenters. The zero-order valence-corrected chi connectivity index (χ0v) is 20.4. The molecule has 1 aromatic carbocycles. The highest BCUT2D eigenvalue weighted by Crippen LogP contribution is 2.06. The second-order valence-electron chi connectivity index (χ2n) is 8.60. The molecule has 12 heteroatoms. The topological polar surface area (TPSA) is 215 Å². The molecule has 0 radical (unpaired) electrons. The minimum atomic E-state index is -1.22. The number of hydrogen-bond acceptors (Lipinski definition) is 6. The van der Waals surface area contributed by atoms with Crippen LogP contribution in [0.3, 0.4) is 0 Å². The maximum Gasteiger partial charge on any atom is 0.326 e. The Morgan fingerprint density at radius 1 is 0.943 bits per heavy atom. The summed E-state index contributed by atoms with van der Waals surface area (Å²) >= 11 is 0. The van der Waals surface area contributed by atoms with E-state index in [1.165, 1.54) is 6.92 Å². The van der Waals surface area contributed by atoms with Gasteiger partial charge in [0, 0.05) is 6.54 Å². The van der Waals surface area contributed by atoms with Crippen LogP contribution in [0, 0.1) is 5.92 Å². The quantitative estimate of drug-likeness (QED) is 0.0953. The predicted molar refractivity (Wildman–Crippen MR) is 132 cm³/mol. The molecular weight excluding hydrogens is 454 g/mol. The van der Waals surface area contributed by atoms with E-state index in [9.17, 15) is 24.3 Å². The Morgan fingerprint density at radius 2 is 1.57 bits per heavy atom. The van der Waals surface area contributed by atoms with Crippen LogP contribution in [0.25, 0.3) is 0 Å². The van der Waals surface area contributed by atoms with Crippen molar-refractivity contribution in [1.82, 2.24) is 16.0 Å². The van der Waals surface area contributed by atoms with Gasteiger partial charge in [0.2, 0.25) is 17.7 Å². The summed E-state index contributed by atoms with van der Waals surface area (Å²) in [4.78, 5) is 53.2. The van der Waals surface area contributed by atoms with Crippen molar-refractivity contribution in [3.63, 3.8) is 0 Å². The second kappa shape index (κ2) is 14.6. The number of carbonyl (C=O) groups is 4. The molecule has 0 aliphatic rings. The third-order valence-corrected chi connectivity index (χ3v) is 5.19. The van der Waals surface area contributed by atoms with Gasteiger partial charge in [0.25, 0.3) is 0 Å². The Hall–Kier alpha value is -3.67. The zero-order chi connectivity index (χ0) is 26.5. The molecule has 12 nitrogen and oxygen atoms in total. The summed E-state index contributed by atoms with van der Waals surface area (Å²) in [5.41, 5.74) is 17.3. The van der Waals surface area contributed by atoms with E-state index in [0.717, 1.165) is 5.56 Å². The van der Waals surface area contributed by atoms with Crippen molar-refractivity contribution < 1.29 is 24.3 Å². The van der Waals surface area contributed by atoms with Crippen LogP contribution in [0.15, 0.2) is 35.3 Å². The van der Waals surface area contributed by atoms with Crippen molar-refractivity contribution in [3.8, 4) is 0 Å². The van der Waals surface area contributed by atoms with E-state index in [1.54, 1.807) is 13.8 Å². The van der Waals surface area contributed by atoms with Crippen molar-refractivity contribution >= 4 is 29.7 Å². The number of aliphatic carboxylic acids is 1. The number of nitrogens with one attached hydrogen (secondary N) is 3. The second-order valence-corrected chi connectivity index (χ2v) is 8.60. The van der Waals surface area contributed by atoms with Crippen LogP contribution >= 0.6 is 0 Å². The fraction of sp³-hybridized carbons (Fsp3) is 0.522. The van der Waals surface area contributed by atoms with Crippen molar-refractivity contribution in [1.29, 1.82) is 0 Å². The van der Waals surface area contributed by atoms with E-state index in [4.69, 9.17) is 17.2 Å². The molecule has 0 fully saturated rings. The van der Waals surface area contributed by atoms with Gasteiger partial charge in [0.1, 0.15) is 18.1 Å². The molecule has 0 aromatic heterocycles. The molecule has 0 bridgehead atoms. The summed E-state index contributed by atoms with van der Waals surface area (Å²) in [6, 6.07) is 5.22. The van der Waals surface area contributed by atoms with E-state index >= 15 is 0 Å². The smallest absolute Gasteiger partial charge is 0.326 e. The maximum atomic E-state index is 12.8. The van der Waals surface area contributed by atoms with Gasteiger partial charge in [-0.15, -0.1) is 0 Å². The lowest BCUT2D eigenvalue weighted by atomic mass is 10.0. The van der Waals surface area contributed by atoms with Gasteiger partial charge in [-0.3, -0.25) is 19.4 Å². The van der Waals surface area contributed by atoms with Crippen LogP contribution in [0.5, 0.6) is 0 Å². The Kier molecular flexibility index (Phi) is 12.2. The third-order valence-electron chi connectivity index (χ3n) is 5.19. The molecule has 0 saturated heterocycles. The number of nitrogens with zero attached hydrogens (tertiary/aromatic N) is 1. The monoisotopic (exact) mass is 491 g/mol. The molecule has 10 N–H and O–H groups in total. The first-order valence-electron chi connectivity index (χ1n) is 11.4. The minimum absolute atomic E-state index is 0.0996. The number of amides is 3. The first kappa shape index (κ1) is 29.4. The van der Waals surface area contributed by atoms with Gasteiger partial charge in [-0.1, -0.05) is 44.2 Å². The molecule has 194 valence electrons. The van der Waals surface area contributed by atoms with Crippen molar-refractivity contribution in [2.24, 2.45) is 28.1 Å². The fourth-order valence-corrected chi connectivity index (χ4v) is 3.18. The average Bonchev–Trinajstić information content (AvgIpc) is 2.78. The first-order valence-corrected chi connectivity index (χ1v) is 11.4. The molecule has 0 heterocycles. The van der Waals surface area contributed by atoms with Gasteiger partial charge in [-0.2, -0.15) is 0 Å². The molecule has 4 atom stereocenters. The fourth-order valence-electron chi connectivity index (χ4n) is 3.18. The van der Waals surface area contributed by atoms with E-state index < -0.39 is 47.9 Å². The molecule has 35 heavy (non-hydrogen) atoms. The van der Waals surface area contributed by atoms with Gasteiger partial charge in [-0.25, -0.2) is 4.79 Å². The average molecular weight is 492 g/mol. The molecule has 1 rings (SSSR count). The van der Waals surface area contributed by atoms with E-state index in [-0.39, 0.29) is 24.8 Å². The summed E-state index contributed by atoms with van der Waals surface area (Å²) in [5.74, 6) is -3.43. The molecule has 0 spiro atoms. The van der Waals surface area contributed by atoms with Gasteiger partial charge in [0.05, 0.1) is 6.04 Å². The van der Waals surface area contributed by atoms with Gasteiger partial charge in [0.15, 0.2) is 5.96 Å². The number of hydrogen-bond donors (Lipinski definition) is 7. The van der Waals surface area contributed by atoms with E-state index in [0.29, 0.717) is 12.8 Å². The normalized spacial score (nSPS) is 14.2. The van der Waals surface area contributed by atoms with Crippen molar-refractivity contribution in [2.75, 3.05) is 6.54 Å². The highest BCUT2D eigenvalue weighted by atomic mass is 16.4. The van der Waals surface area contributed by atoms with Crippen molar-refractivity contribution in [2.45, 2.75) is 64.2 Å². The summed E-state index contributed by atoms with van der Waals surface area (Å²) in [6.07, 6.45) is 0.736. The zero-order valence-electron chi connectivity index (χ0n) is 20.4. The number of benzene rings is 1. The van der Waals surface area contributed by atoms with Crippen LogP contribution < -0.4 is 33.2 Å². The first-order chi connectivity index (χ1) is 16.4. The Labute approximate surface area is 205 Å². The van der Waals surface area contributed by atoms with Crippen LogP contribution in [0.1, 0.15) is 39.2 Å². The lowest BCUT2D eigenvalue weighted by Gasteiger charge is -2.26. The van der Waals surface area contributed by atoms with Gasteiger partial charge in [-0.05, 0) is 37.7 Å². The standard InChI is InChI=1S/C23H37N7O5/c1-13(2)18(21(33)29-17(22(34)35)10-7-11-27-23(25)26)30-19(31)14(3)28-20(32)16(24)12-15-8-5-4-6-9-15/h4-6,8-9,13-14,16-18H,7,10-12,24H2,1-3H3,(H,28,32)(H,29,33)(H,30,31)(H,34,35)(H4,25,26,27). The van der Waals surface area contributed by atoms with Gasteiger partial charge < -0.3 is 38.3 Å². The molecule has 1 aromatic rings. The number of guanidine groups is 1. The Balaban J connectivity index is 2.68. The molecule has 0 aliphatic carbocycles. The lowest BCUT2D eigenvalue weighted by molar-refractivity contribution is -0.142. The number of carbonyl (C=O) groups excluding carboxylic acids is 3. The van der Waals surface area contributed by atoms with Crippen LogP contribution in [-0.4, -0.2) is 65.5 Å². The molecule has 3 amide bonds. The Bertz CT molecular complexity index is 888. The van der Waals surface area contributed by atoms with E-state index in [2.05, 4.69) is 20.9 Å². The highest BCUT2D eigenvalue weighted by molar-refractivity contribution is 5.94. The molecule has 0 aliphatic heterocycles. The number of carboxylic acids is 1. The summed E-state index contributed by atoms with van der Waals surface area (Å²) in [7, 11) is 0. The van der Waals surface area contributed by atoms with Crippen LogP contribution in [0.2, 0.25) is 0 Å². The third kappa shape index (κ3) is 10.9. The predicted octanol–water partition coefficient (Wildman–Crippen LogP) is -1.18. The summed E-state index contributed by atoms with van der Waals surface area (Å²) < 4.78 is 0. The summed E-state index contributed by atoms with van der Waals surface area (Å²) in [5, 5.41) is 17.0. The van der Waals surface area contributed by atoms with Crippen molar-refractivity contribution in [3.05, 3.63) is 35.9 Å². The number of carboxylic acid groups (broad SMARTS) is 1. The number of rotatable bonds is 14.